The van der Waals surface area contributed by atoms with Gasteiger partial charge in [-0.1, -0.05) is 0 Å². The van der Waals surface area contributed by atoms with E-state index < -0.39 is 0 Å². The number of aromatic nitrogens is 1. The van der Waals surface area contributed by atoms with Gasteiger partial charge in [-0.2, -0.15) is 0 Å². The third-order valence-electron chi connectivity index (χ3n) is 2.70. The maximum Gasteiger partial charge on any atom is 0.137 e. The Labute approximate surface area is 84.3 Å². The fourth-order valence-corrected chi connectivity index (χ4v) is 1.91. The summed E-state index contributed by atoms with van der Waals surface area (Å²) in [5, 5.41) is 0. The van der Waals surface area contributed by atoms with Crippen LogP contribution in [0.4, 0.5) is 0 Å². The molecule has 2 rings (SSSR count). The van der Waals surface area contributed by atoms with Crippen molar-refractivity contribution < 1.29 is 4.74 Å². The molecule has 3 nitrogen and oxygen atoms in total. The Morgan fingerprint density at radius 3 is 3.07 bits per heavy atom. The molecular weight excluding hydrogens is 176 g/mol. The normalized spacial score (nSPS) is 26.4. The van der Waals surface area contributed by atoms with E-state index in [0.717, 1.165) is 25.2 Å². The minimum Gasteiger partial charge on any atom is -0.492 e. The van der Waals surface area contributed by atoms with Gasteiger partial charge in [0.15, 0.2) is 0 Å². The lowest BCUT2D eigenvalue weighted by Crippen LogP contribution is -2.16. The Morgan fingerprint density at radius 1 is 1.50 bits per heavy atom. The summed E-state index contributed by atoms with van der Waals surface area (Å²) in [5.74, 6) is 1.48. The van der Waals surface area contributed by atoms with Gasteiger partial charge in [0, 0.05) is 12.2 Å². The predicted molar refractivity (Wildman–Crippen MR) is 55.0 cm³/mol. The van der Waals surface area contributed by atoms with E-state index in [1.807, 2.05) is 12.1 Å². The van der Waals surface area contributed by atoms with Crippen LogP contribution >= 0.6 is 0 Å². The molecule has 0 spiro atoms. The van der Waals surface area contributed by atoms with Crippen molar-refractivity contribution in [1.82, 2.24) is 4.98 Å². The van der Waals surface area contributed by atoms with Crippen LogP contribution in [0.2, 0.25) is 0 Å². The second-order valence-electron chi connectivity index (χ2n) is 3.94. The number of rotatable bonds is 3. The molecule has 2 N–H and O–H groups in total. The summed E-state index contributed by atoms with van der Waals surface area (Å²) < 4.78 is 5.62. The molecule has 0 aromatic carbocycles. The molecule has 1 fully saturated rings. The van der Waals surface area contributed by atoms with Crippen molar-refractivity contribution in [1.29, 1.82) is 0 Å². The summed E-state index contributed by atoms with van der Waals surface area (Å²) in [7, 11) is 0. The molecule has 1 heterocycles. The van der Waals surface area contributed by atoms with Gasteiger partial charge < -0.3 is 10.5 Å². The zero-order chi connectivity index (χ0) is 9.80. The minimum absolute atomic E-state index is 0.387. The first-order chi connectivity index (χ1) is 6.84. The standard InChI is InChI=1S/C11H16N2O/c12-10-4-3-9(6-10)8-14-11-2-1-5-13-7-11/h1-2,5,7,9-10H,3-4,6,8,12H2. The van der Waals surface area contributed by atoms with Gasteiger partial charge in [0.25, 0.3) is 0 Å². The summed E-state index contributed by atoms with van der Waals surface area (Å²) in [6.07, 6.45) is 6.93. The van der Waals surface area contributed by atoms with Crippen molar-refractivity contribution >= 4 is 0 Å². The molecule has 76 valence electrons. The highest BCUT2D eigenvalue weighted by Crippen LogP contribution is 2.24. The van der Waals surface area contributed by atoms with E-state index in [2.05, 4.69) is 4.98 Å². The van der Waals surface area contributed by atoms with Crippen molar-refractivity contribution in [3.8, 4) is 5.75 Å². The third kappa shape index (κ3) is 2.45. The summed E-state index contributed by atoms with van der Waals surface area (Å²) in [6.45, 7) is 0.777. The molecule has 1 aromatic rings. The number of ether oxygens (including phenoxy) is 1. The van der Waals surface area contributed by atoms with Crippen LogP contribution in [0.1, 0.15) is 19.3 Å². The maximum absolute atomic E-state index is 5.83. The molecule has 3 heteroatoms. The van der Waals surface area contributed by atoms with E-state index in [1.54, 1.807) is 12.4 Å². The Kier molecular flexibility index (Phi) is 2.99. The van der Waals surface area contributed by atoms with E-state index in [4.69, 9.17) is 10.5 Å². The van der Waals surface area contributed by atoms with Crippen LogP contribution in [0.3, 0.4) is 0 Å². The molecule has 14 heavy (non-hydrogen) atoms. The lowest BCUT2D eigenvalue weighted by Gasteiger charge is -2.10. The first kappa shape index (κ1) is 9.46. The molecule has 1 saturated carbocycles. The quantitative estimate of drug-likeness (QED) is 0.791. The topological polar surface area (TPSA) is 48.1 Å². The first-order valence-electron chi connectivity index (χ1n) is 5.13. The van der Waals surface area contributed by atoms with Gasteiger partial charge in [0.1, 0.15) is 5.75 Å². The highest BCUT2D eigenvalue weighted by molar-refractivity contribution is 5.15. The summed E-state index contributed by atoms with van der Waals surface area (Å²) in [5.41, 5.74) is 5.83. The van der Waals surface area contributed by atoms with Crippen molar-refractivity contribution in [2.24, 2.45) is 11.7 Å². The number of nitrogens with zero attached hydrogens (tertiary/aromatic N) is 1. The van der Waals surface area contributed by atoms with Gasteiger partial charge in [-0.15, -0.1) is 0 Å². The predicted octanol–water partition coefficient (Wildman–Crippen LogP) is 1.59. The van der Waals surface area contributed by atoms with E-state index in [0.29, 0.717) is 12.0 Å². The molecule has 1 aromatic heterocycles. The van der Waals surface area contributed by atoms with Crippen molar-refractivity contribution in [3.05, 3.63) is 24.5 Å². The molecule has 0 amide bonds. The molecule has 1 aliphatic carbocycles. The Hall–Kier alpha value is -1.09. The Balaban J connectivity index is 1.78. The van der Waals surface area contributed by atoms with Gasteiger partial charge in [-0.25, -0.2) is 0 Å². The van der Waals surface area contributed by atoms with Crippen molar-refractivity contribution in [2.45, 2.75) is 25.3 Å². The lowest BCUT2D eigenvalue weighted by atomic mass is 10.1. The second kappa shape index (κ2) is 4.42. The van der Waals surface area contributed by atoms with Gasteiger partial charge in [-0.3, -0.25) is 4.98 Å². The van der Waals surface area contributed by atoms with Crippen molar-refractivity contribution in [2.75, 3.05) is 6.61 Å². The molecule has 0 bridgehead atoms. The van der Waals surface area contributed by atoms with Crippen LogP contribution in [-0.2, 0) is 0 Å². The molecule has 0 saturated heterocycles. The van der Waals surface area contributed by atoms with Crippen LogP contribution in [0.5, 0.6) is 5.75 Å². The number of nitrogens with two attached hydrogens (primary N) is 1. The molecular formula is C11H16N2O. The van der Waals surface area contributed by atoms with Crippen LogP contribution in [0, 0.1) is 5.92 Å². The smallest absolute Gasteiger partial charge is 0.137 e. The lowest BCUT2D eigenvalue weighted by molar-refractivity contribution is 0.250. The SMILES string of the molecule is NC1CCC(COc2cccnc2)C1. The zero-order valence-electron chi connectivity index (χ0n) is 8.23. The summed E-state index contributed by atoms with van der Waals surface area (Å²) >= 11 is 0. The second-order valence-corrected chi connectivity index (χ2v) is 3.94. The highest BCUT2D eigenvalue weighted by Gasteiger charge is 2.21. The Bertz CT molecular complexity index is 276. The van der Waals surface area contributed by atoms with Crippen LogP contribution in [-0.4, -0.2) is 17.6 Å². The summed E-state index contributed by atoms with van der Waals surface area (Å²) in [6, 6.07) is 4.20. The average Bonchev–Trinajstić information content (AvgIpc) is 2.63. The molecule has 0 aliphatic heterocycles. The van der Waals surface area contributed by atoms with Gasteiger partial charge in [0.2, 0.25) is 0 Å². The molecule has 0 radical (unpaired) electrons. The Morgan fingerprint density at radius 2 is 2.43 bits per heavy atom. The number of hydrogen-bond acceptors (Lipinski definition) is 3. The van der Waals surface area contributed by atoms with Crippen LogP contribution in [0.15, 0.2) is 24.5 Å². The van der Waals surface area contributed by atoms with Crippen LogP contribution in [0.25, 0.3) is 0 Å². The fraction of sp³-hybridized carbons (Fsp3) is 0.545. The largest absolute Gasteiger partial charge is 0.492 e. The molecule has 2 atom stereocenters. The highest BCUT2D eigenvalue weighted by atomic mass is 16.5. The van der Waals surface area contributed by atoms with Gasteiger partial charge in [0.05, 0.1) is 12.8 Å². The third-order valence-corrected chi connectivity index (χ3v) is 2.70. The van der Waals surface area contributed by atoms with E-state index in [-0.39, 0.29) is 0 Å². The molecule has 1 aliphatic rings. The summed E-state index contributed by atoms with van der Waals surface area (Å²) in [4.78, 5) is 4.00. The zero-order valence-corrected chi connectivity index (χ0v) is 8.23. The van der Waals surface area contributed by atoms with E-state index in [1.165, 1.54) is 6.42 Å². The van der Waals surface area contributed by atoms with Crippen molar-refractivity contribution in [3.63, 3.8) is 0 Å². The van der Waals surface area contributed by atoms with Crippen LogP contribution < -0.4 is 10.5 Å². The van der Waals surface area contributed by atoms with E-state index >= 15 is 0 Å². The molecule has 2 unspecified atom stereocenters. The first-order valence-corrected chi connectivity index (χ1v) is 5.13. The average molecular weight is 192 g/mol. The monoisotopic (exact) mass is 192 g/mol. The number of hydrogen-bond donors (Lipinski definition) is 1. The minimum atomic E-state index is 0.387. The fourth-order valence-electron chi connectivity index (χ4n) is 1.91. The number of pyridine rings is 1. The van der Waals surface area contributed by atoms with E-state index in [9.17, 15) is 0 Å². The maximum atomic E-state index is 5.83. The van der Waals surface area contributed by atoms with Gasteiger partial charge in [-0.05, 0) is 37.3 Å². The van der Waals surface area contributed by atoms with Gasteiger partial charge >= 0.3 is 0 Å².